The molecule has 0 aliphatic rings. The van der Waals surface area contributed by atoms with Crippen molar-refractivity contribution in [3.05, 3.63) is 59.9 Å². The van der Waals surface area contributed by atoms with Crippen molar-refractivity contribution in [3.63, 3.8) is 0 Å². The quantitative estimate of drug-likeness (QED) is 0.836. The van der Waals surface area contributed by atoms with E-state index in [1.807, 2.05) is 0 Å². The first-order chi connectivity index (χ1) is 7.68. The first-order valence-electron chi connectivity index (χ1n) is 4.68. The molecule has 3 heteroatoms. The molecule has 0 amide bonds. The maximum Gasteiger partial charge on any atom is 0.335 e. The first-order valence-corrected chi connectivity index (χ1v) is 4.68. The third-order valence-electron chi connectivity index (χ3n) is 2.23. The molecule has 0 bridgehead atoms. The fraction of sp³-hybridized carbons (Fsp3) is 0. The predicted molar refractivity (Wildman–Crippen MR) is 57.6 cm³/mol. The van der Waals surface area contributed by atoms with E-state index in [4.69, 9.17) is 5.11 Å². The van der Waals surface area contributed by atoms with Crippen molar-refractivity contribution in [2.45, 2.75) is 0 Å². The average Bonchev–Trinajstić information content (AvgIpc) is 2.30. The van der Waals surface area contributed by atoms with Gasteiger partial charge in [-0.05, 0) is 29.8 Å². The van der Waals surface area contributed by atoms with Gasteiger partial charge in [0.1, 0.15) is 5.82 Å². The molecular formula is C13H8FO2. The van der Waals surface area contributed by atoms with Crippen LogP contribution in [0.1, 0.15) is 10.4 Å². The predicted octanol–water partition coefficient (Wildman–Crippen LogP) is 2.99. The topological polar surface area (TPSA) is 37.3 Å². The second kappa shape index (κ2) is 4.14. The van der Waals surface area contributed by atoms with Crippen LogP contribution in [-0.2, 0) is 0 Å². The van der Waals surface area contributed by atoms with Crippen molar-refractivity contribution in [2.75, 3.05) is 0 Å². The molecule has 0 heterocycles. The SMILES string of the molecule is O=C(O)c1ccc(-c2c[c]ccc2)c(F)c1. The highest BCUT2D eigenvalue weighted by molar-refractivity contribution is 5.88. The van der Waals surface area contributed by atoms with Crippen LogP contribution in [0.5, 0.6) is 0 Å². The highest BCUT2D eigenvalue weighted by Crippen LogP contribution is 2.23. The number of aromatic carboxylic acids is 1. The minimum absolute atomic E-state index is 0.0545. The Labute approximate surface area is 92.0 Å². The van der Waals surface area contributed by atoms with E-state index in [1.54, 1.807) is 24.3 Å². The number of benzene rings is 2. The van der Waals surface area contributed by atoms with Crippen molar-refractivity contribution < 1.29 is 14.3 Å². The van der Waals surface area contributed by atoms with Gasteiger partial charge in [0.05, 0.1) is 5.56 Å². The van der Waals surface area contributed by atoms with Gasteiger partial charge in [-0.3, -0.25) is 0 Å². The van der Waals surface area contributed by atoms with Gasteiger partial charge < -0.3 is 5.11 Å². The van der Waals surface area contributed by atoms with Crippen LogP contribution in [-0.4, -0.2) is 11.1 Å². The Balaban J connectivity index is 2.48. The van der Waals surface area contributed by atoms with Gasteiger partial charge in [0.15, 0.2) is 0 Å². The van der Waals surface area contributed by atoms with Crippen molar-refractivity contribution in [2.24, 2.45) is 0 Å². The van der Waals surface area contributed by atoms with E-state index in [0.717, 1.165) is 6.07 Å². The Morgan fingerprint density at radius 2 is 2.12 bits per heavy atom. The maximum atomic E-state index is 13.6. The minimum Gasteiger partial charge on any atom is -0.478 e. The van der Waals surface area contributed by atoms with E-state index >= 15 is 0 Å². The fourth-order valence-electron chi connectivity index (χ4n) is 1.44. The van der Waals surface area contributed by atoms with Crippen molar-refractivity contribution in [3.8, 4) is 11.1 Å². The summed E-state index contributed by atoms with van der Waals surface area (Å²) in [7, 11) is 0. The largest absolute Gasteiger partial charge is 0.478 e. The van der Waals surface area contributed by atoms with E-state index in [0.29, 0.717) is 11.1 Å². The zero-order chi connectivity index (χ0) is 11.5. The first kappa shape index (κ1) is 10.4. The summed E-state index contributed by atoms with van der Waals surface area (Å²) in [5.41, 5.74) is 1.000. The second-order valence-corrected chi connectivity index (χ2v) is 3.29. The summed E-state index contributed by atoms with van der Waals surface area (Å²) in [4.78, 5) is 10.6. The molecule has 0 spiro atoms. The number of carboxylic acids is 1. The maximum absolute atomic E-state index is 13.6. The minimum atomic E-state index is -1.13. The van der Waals surface area contributed by atoms with Crippen LogP contribution in [0.3, 0.4) is 0 Å². The van der Waals surface area contributed by atoms with Crippen molar-refractivity contribution >= 4 is 5.97 Å². The summed E-state index contributed by atoms with van der Waals surface area (Å²) in [5, 5.41) is 8.70. The van der Waals surface area contributed by atoms with E-state index < -0.39 is 11.8 Å². The molecule has 0 aliphatic heterocycles. The number of rotatable bonds is 2. The van der Waals surface area contributed by atoms with Crippen LogP contribution in [0.2, 0.25) is 0 Å². The van der Waals surface area contributed by atoms with Gasteiger partial charge in [-0.1, -0.05) is 24.3 Å². The van der Waals surface area contributed by atoms with Gasteiger partial charge in [0.25, 0.3) is 0 Å². The summed E-state index contributed by atoms with van der Waals surface area (Å²) in [6.07, 6.45) is 0. The van der Waals surface area contributed by atoms with E-state index in [2.05, 4.69) is 6.07 Å². The average molecular weight is 215 g/mol. The molecule has 0 fully saturated rings. The van der Waals surface area contributed by atoms with Crippen molar-refractivity contribution in [1.82, 2.24) is 0 Å². The third-order valence-corrected chi connectivity index (χ3v) is 2.23. The molecule has 1 N–H and O–H groups in total. The number of hydrogen-bond acceptors (Lipinski definition) is 1. The number of carboxylic acid groups (broad SMARTS) is 1. The fourth-order valence-corrected chi connectivity index (χ4v) is 1.44. The Morgan fingerprint density at radius 3 is 2.69 bits per heavy atom. The molecule has 2 nitrogen and oxygen atoms in total. The van der Waals surface area contributed by atoms with Crippen LogP contribution in [0.25, 0.3) is 11.1 Å². The van der Waals surface area contributed by atoms with Gasteiger partial charge in [-0.25, -0.2) is 9.18 Å². The van der Waals surface area contributed by atoms with Gasteiger partial charge in [0, 0.05) is 5.56 Å². The Kier molecular flexibility index (Phi) is 2.68. The van der Waals surface area contributed by atoms with Gasteiger partial charge in [0.2, 0.25) is 0 Å². The Morgan fingerprint density at radius 1 is 1.31 bits per heavy atom. The summed E-state index contributed by atoms with van der Waals surface area (Å²) in [6, 6.07) is 13.6. The zero-order valence-electron chi connectivity index (χ0n) is 8.27. The zero-order valence-corrected chi connectivity index (χ0v) is 8.27. The summed E-state index contributed by atoms with van der Waals surface area (Å²) in [6.45, 7) is 0. The lowest BCUT2D eigenvalue weighted by Crippen LogP contribution is -1.97. The molecule has 0 aliphatic carbocycles. The van der Waals surface area contributed by atoms with Crippen LogP contribution in [0, 0.1) is 11.9 Å². The van der Waals surface area contributed by atoms with Crippen LogP contribution < -0.4 is 0 Å². The lowest BCUT2D eigenvalue weighted by Gasteiger charge is -2.03. The van der Waals surface area contributed by atoms with Gasteiger partial charge in [-0.2, -0.15) is 0 Å². The Bertz CT molecular complexity index is 521. The smallest absolute Gasteiger partial charge is 0.335 e. The summed E-state index contributed by atoms with van der Waals surface area (Å²) < 4.78 is 13.6. The van der Waals surface area contributed by atoms with Gasteiger partial charge >= 0.3 is 5.97 Å². The molecule has 0 saturated heterocycles. The molecule has 79 valence electrons. The van der Waals surface area contributed by atoms with E-state index in [1.165, 1.54) is 12.1 Å². The highest BCUT2D eigenvalue weighted by Gasteiger charge is 2.09. The molecule has 0 unspecified atom stereocenters. The molecule has 1 radical (unpaired) electrons. The summed E-state index contributed by atoms with van der Waals surface area (Å²) in [5.74, 6) is -1.68. The molecule has 2 rings (SSSR count). The van der Waals surface area contributed by atoms with Crippen molar-refractivity contribution in [1.29, 1.82) is 0 Å². The molecule has 0 aromatic heterocycles. The molecule has 2 aromatic carbocycles. The van der Waals surface area contributed by atoms with Gasteiger partial charge in [-0.15, -0.1) is 0 Å². The van der Waals surface area contributed by atoms with Crippen LogP contribution in [0.15, 0.2) is 42.5 Å². The number of halogens is 1. The standard InChI is InChI=1S/C13H8FO2/c14-12-8-10(13(15)16)6-7-11(12)9-4-2-1-3-5-9/h1-2,4-8H,(H,15,16). The normalized spacial score (nSPS) is 10.1. The molecule has 16 heavy (non-hydrogen) atoms. The van der Waals surface area contributed by atoms with E-state index in [9.17, 15) is 9.18 Å². The van der Waals surface area contributed by atoms with Crippen LogP contribution in [0.4, 0.5) is 4.39 Å². The molecule has 0 atom stereocenters. The summed E-state index contributed by atoms with van der Waals surface area (Å²) >= 11 is 0. The lowest BCUT2D eigenvalue weighted by atomic mass is 10.0. The number of carbonyl (C=O) groups is 1. The highest BCUT2D eigenvalue weighted by atomic mass is 19.1. The Hall–Kier alpha value is -2.16. The molecule has 0 saturated carbocycles. The number of hydrogen-bond donors (Lipinski definition) is 1. The molecular weight excluding hydrogens is 207 g/mol. The third kappa shape index (κ3) is 1.93. The monoisotopic (exact) mass is 215 g/mol. The van der Waals surface area contributed by atoms with Crippen LogP contribution >= 0.6 is 0 Å². The molecule has 2 aromatic rings. The second-order valence-electron chi connectivity index (χ2n) is 3.29. The van der Waals surface area contributed by atoms with E-state index in [-0.39, 0.29) is 5.56 Å². The lowest BCUT2D eigenvalue weighted by molar-refractivity contribution is 0.0696.